The molecule has 0 aromatic heterocycles. The molecule has 0 spiro atoms. The van der Waals surface area contributed by atoms with Gasteiger partial charge in [-0.15, -0.1) is 0 Å². The van der Waals surface area contributed by atoms with E-state index >= 15 is 0 Å². The molecule has 0 heterocycles. The lowest BCUT2D eigenvalue weighted by Gasteiger charge is -2.30. The summed E-state index contributed by atoms with van der Waals surface area (Å²) in [7, 11) is 0. The first kappa shape index (κ1) is 11.0. The van der Waals surface area contributed by atoms with Crippen LogP contribution in [0, 0.1) is 5.92 Å². The number of carbonyl (C=O) groups is 1. The summed E-state index contributed by atoms with van der Waals surface area (Å²) in [6, 6.07) is 5.39. The van der Waals surface area contributed by atoms with Crippen LogP contribution in [-0.2, 0) is 11.2 Å². The van der Waals surface area contributed by atoms with Crippen molar-refractivity contribution in [3.05, 3.63) is 29.3 Å². The van der Waals surface area contributed by atoms with Gasteiger partial charge in [0.1, 0.15) is 5.75 Å². The number of aliphatic carboxylic acids is 1. The van der Waals surface area contributed by atoms with Crippen LogP contribution in [0.2, 0.25) is 0 Å². The summed E-state index contributed by atoms with van der Waals surface area (Å²) in [5.74, 6) is 0.0525. The van der Waals surface area contributed by atoms with E-state index in [1.165, 1.54) is 5.56 Å². The number of hydrogen-bond donors (Lipinski definition) is 2. The van der Waals surface area contributed by atoms with Crippen molar-refractivity contribution in [2.75, 3.05) is 0 Å². The summed E-state index contributed by atoms with van der Waals surface area (Å²) in [6.07, 6.45) is 2.00. The van der Waals surface area contributed by atoms with E-state index in [1.54, 1.807) is 12.1 Å². The van der Waals surface area contributed by atoms with Gasteiger partial charge in [-0.3, -0.25) is 4.79 Å². The molecule has 2 unspecified atom stereocenters. The molecule has 0 fully saturated rings. The van der Waals surface area contributed by atoms with Gasteiger partial charge in [-0.2, -0.15) is 0 Å². The zero-order valence-corrected chi connectivity index (χ0v) is 9.31. The molecule has 1 aliphatic carbocycles. The van der Waals surface area contributed by atoms with Crippen molar-refractivity contribution in [1.82, 2.24) is 0 Å². The highest BCUT2D eigenvalue weighted by atomic mass is 16.4. The summed E-state index contributed by atoms with van der Waals surface area (Å²) in [5, 5.41) is 18.2. The van der Waals surface area contributed by atoms with E-state index in [0.29, 0.717) is 5.75 Å². The second-order valence-corrected chi connectivity index (χ2v) is 4.57. The molecule has 2 rings (SSSR count). The Labute approximate surface area is 94.7 Å². The fourth-order valence-corrected chi connectivity index (χ4v) is 2.60. The molecule has 0 amide bonds. The van der Waals surface area contributed by atoms with Gasteiger partial charge >= 0.3 is 5.97 Å². The quantitative estimate of drug-likeness (QED) is 0.805. The molecule has 0 bridgehead atoms. The second kappa shape index (κ2) is 4.16. The molecule has 0 aliphatic heterocycles. The van der Waals surface area contributed by atoms with Crippen molar-refractivity contribution in [3.63, 3.8) is 0 Å². The molecule has 2 N–H and O–H groups in total. The molecule has 86 valence electrons. The minimum Gasteiger partial charge on any atom is -0.508 e. The Kier molecular flexibility index (Phi) is 2.86. The third-order valence-corrected chi connectivity index (χ3v) is 3.55. The van der Waals surface area contributed by atoms with Crippen LogP contribution in [-0.4, -0.2) is 16.2 Å². The Morgan fingerprint density at radius 3 is 2.94 bits per heavy atom. The molecule has 0 saturated carbocycles. The normalized spacial score (nSPS) is 23.8. The summed E-state index contributed by atoms with van der Waals surface area (Å²) >= 11 is 0. The third kappa shape index (κ3) is 2.03. The lowest BCUT2D eigenvalue weighted by Crippen LogP contribution is -2.21. The Morgan fingerprint density at radius 1 is 1.50 bits per heavy atom. The number of aromatic hydroxyl groups is 1. The SMILES string of the molecule is CC1c2ccc(O)cc2CCC1CC(=O)O. The topological polar surface area (TPSA) is 57.5 Å². The summed E-state index contributed by atoms with van der Waals surface area (Å²) in [4.78, 5) is 10.7. The number of phenols is 1. The monoisotopic (exact) mass is 220 g/mol. The number of benzene rings is 1. The van der Waals surface area contributed by atoms with E-state index in [-0.39, 0.29) is 18.3 Å². The van der Waals surface area contributed by atoms with E-state index in [9.17, 15) is 9.90 Å². The molecule has 1 aliphatic rings. The van der Waals surface area contributed by atoms with Gasteiger partial charge in [0.2, 0.25) is 0 Å². The van der Waals surface area contributed by atoms with Gasteiger partial charge < -0.3 is 10.2 Å². The van der Waals surface area contributed by atoms with Crippen LogP contribution in [0.25, 0.3) is 0 Å². The van der Waals surface area contributed by atoms with Crippen LogP contribution in [0.15, 0.2) is 18.2 Å². The molecule has 0 saturated heterocycles. The highest BCUT2D eigenvalue weighted by molar-refractivity contribution is 5.67. The fraction of sp³-hybridized carbons (Fsp3) is 0.462. The number of aryl methyl sites for hydroxylation is 1. The Morgan fingerprint density at radius 2 is 2.25 bits per heavy atom. The molecule has 2 atom stereocenters. The number of carboxylic acids is 1. The van der Waals surface area contributed by atoms with Gasteiger partial charge in [0, 0.05) is 6.42 Å². The van der Waals surface area contributed by atoms with Crippen molar-refractivity contribution >= 4 is 5.97 Å². The highest BCUT2D eigenvalue weighted by Gasteiger charge is 2.27. The maximum absolute atomic E-state index is 10.7. The second-order valence-electron chi connectivity index (χ2n) is 4.57. The Bertz CT molecular complexity index is 412. The van der Waals surface area contributed by atoms with Gasteiger partial charge in [0.05, 0.1) is 0 Å². The van der Waals surface area contributed by atoms with E-state index in [0.717, 1.165) is 18.4 Å². The maximum atomic E-state index is 10.7. The summed E-state index contributed by atoms with van der Waals surface area (Å²) in [6.45, 7) is 2.07. The molecular formula is C13H16O3. The molecule has 1 aromatic carbocycles. The van der Waals surface area contributed by atoms with Crippen LogP contribution in [0.4, 0.5) is 0 Å². The van der Waals surface area contributed by atoms with Crippen molar-refractivity contribution in [3.8, 4) is 5.75 Å². The van der Waals surface area contributed by atoms with E-state index in [2.05, 4.69) is 6.92 Å². The van der Waals surface area contributed by atoms with Gasteiger partial charge in [0.15, 0.2) is 0 Å². The first-order valence-corrected chi connectivity index (χ1v) is 5.61. The Hall–Kier alpha value is -1.51. The number of fused-ring (bicyclic) bond motifs is 1. The van der Waals surface area contributed by atoms with Gasteiger partial charge in [-0.05, 0) is 47.9 Å². The smallest absolute Gasteiger partial charge is 0.303 e. The molecular weight excluding hydrogens is 204 g/mol. The average molecular weight is 220 g/mol. The van der Waals surface area contributed by atoms with Crippen molar-refractivity contribution in [1.29, 1.82) is 0 Å². The number of phenolic OH excluding ortho intramolecular Hbond substituents is 1. The Balaban J connectivity index is 2.25. The first-order valence-electron chi connectivity index (χ1n) is 5.61. The predicted molar refractivity (Wildman–Crippen MR) is 60.6 cm³/mol. The number of hydrogen-bond acceptors (Lipinski definition) is 2. The van der Waals surface area contributed by atoms with Gasteiger partial charge in [0.25, 0.3) is 0 Å². The molecule has 0 radical (unpaired) electrons. The van der Waals surface area contributed by atoms with Gasteiger partial charge in [-0.1, -0.05) is 13.0 Å². The minimum atomic E-state index is -0.723. The van der Waals surface area contributed by atoms with Crippen molar-refractivity contribution in [2.45, 2.75) is 32.1 Å². The first-order chi connectivity index (χ1) is 7.58. The zero-order valence-electron chi connectivity index (χ0n) is 9.31. The van der Waals surface area contributed by atoms with Gasteiger partial charge in [-0.25, -0.2) is 0 Å². The average Bonchev–Trinajstić information content (AvgIpc) is 2.22. The number of carboxylic acid groups (broad SMARTS) is 1. The minimum absolute atomic E-state index is 0.217. The van der Waals surface area contributed by atoms with E-state index in [4.69, 9.17) is 5.11 Å². The maximum Gasteiger partial charge on any atom is 0.303 e. The largest absolute Gasteiger partial charge is 0.508 e. The highest BCUT2D eigenvalue weighted by Crippen LogP contribution is 2.38. The summed E-state index contributed by atoms with van der Waals surface area (Å²) < 4.78 is 0. The third-order valence-electron chi connectivity index (χ3n) is 3.55. The lowest BCUT2D eigenvalue weighted by molar-refractivity contribution is -0.138. The molecule has 1 aromatic rings. The van der Waals surface area contributed by atoms with Crippen LogP contribution in [0.1, 0.15) is 36.8 Å². The van der Waals surface area contributed by atoms with Crippen LogP contribution in [0.3, 0.4) is 0 Å². The van der Waals surface area contributed by atoms with E-state index < -0.39 is 5.97 Å². The molecule has 3 nitrogen and oxygen atoms in total. The number of rotatable bonds is 2. The van der Waals surface area contributed by atoms with Crippen molar-refractivity contribution < 1.29 is 15.0 Å². The van der Waals surface area contributed by atoms with Crippen LogP contribution < -0.4 is 0 Å². The molecule has 3 heteroatoms. The molecule has 16 heavy (non-hydrogen) atoms. The lowest BCUT2D eigenvalue weighted by atomic mass is 9.74. The standard InChI is InChI=1S/C13H16O3/c1-8-9(7-13(15)16)2-3-10-6-11(14)4-5-12(8)10/h4-6,8-9,14H,2-3,7H2,1H3,(H,15,16). The fourth-order valence-electron chi connectivity index (χ4n) is 2.60. The van der Waals surface area contributed by atoms with E-state index in [1.807, 2.05) is 6.07 Å². The predicted octanol–water partition coefficient (Wildman–Crippen LogP) is 2.53. The van der Waals surface area contributed by atoms with Crippen LogP contribution in [0.5, 0.6) is 5.75 Å². The van der Waals surface area contributed by atoms with Crippen molar-refractivity contribution in [2.24, 2.45) is 5.92 Å². The van der Waals surface area contributed by atoms with Crippen LogP contribution >= 0.6 is 0 Å². The summed E-state index contributed by atoms with van der Waals surface area (Å²) in [5.41, 5.74) is 2.35. The zero-order chi connectivity index (χ0) is 11.7.